The van der Waals surface area contributed by atoms with E-state index in [2.05, 4.69) is 9.62 Å². The Morgan fingerprint density at radius 1 is 1.41 bits per heavy atom. The molecule has 0 aliphatic carbocycles. The molecule has 1 rings (SSSR count). The van der Waals surface area contributed by atoms with Gasteiger partial charge in [0.1, 0.15) is 0 Å². The monoisotopic (exact) mass is 264 g/mol. The fourth-order valence-electron chi connectivity index (χ4n) is 2.39. The molecule has 0 bridgehead atoms. The summed E-state index contributed by atoms with van der Waals surface area (Å²) in [5.74, 6) is 0.186. The van der Waals surface area contributed by atoms with Crippen LogP contribution in [0.3, 0.4) is 0 Å². The van der Waals surface area contributed by atoms with Gasteiger partial charge in [-0.3, -0.25) is 0 Å². The van der Waals surface area contributed by atoms with Gasteiger partial charge < -0.3 is 10.0 Å². The fraction of sp³-hybridized carbons (Fsp3) is 1.00. The Labute approximate surface area is 104 Å². The lowest BCUT2D eigenvalue weighted by Crippen LogP contribution is -2.41. The van der Waals surface area contributed by atoms with Crippen molar-refractivity contribution in [2.45, 2.75) is 38.1 Å². The number of hydrogen-bond donors (Lipinski definition) is 2. The highest BCUT2D eigenvalue weighted by molar-refractivity contribution is 7.89. The third kappa shape index (κ3) is 5.33. The van der Waals surface area contributed by atoms with Crippen molar-refractivity contribution in [2.24, 2.45) is 0 Å². The standard InChI is InChI=1S/C11H24N2O3S/c1-12-17(15,16)10-4-8-13-7-3-2-5-11(13)6-9-14/h11-12,14H,2-10H2,1H3. The number of aliphatic hydroxyl groups is 1. The highest BCUT2D eigenvalue weighted by Gasteiger charge is 2.21. The Hall–Kier alpha value is -0.170. The molecule has 0 spiro atoms. The summed E-state index contributed by atoms with van der Waals surface area (Å²) in [5.41, 5.74) is 0. The van der Waals surface area contributed by atoms with Gasteiger partial charge in [0.15, 0.2) is 0 Å². The number of aliphatic hydroxyl groups excluding tert-OH is 1. The van der Waals surface area contributed by atoms with Crippen molar-refractivity contribution in [2.75, 3.05) is 32.5 Å². The van der Waals surface area contributed by atoms with Crippen molar-refractivity contribution in [3.05, 3.63) is 0 Å². The summed E-state index contributed by atoms with van der Waals surface area (Å²) in [6.45, 7) is 2.06. The Morgan fingerprint density at radius 3 is 2.82 bits per heavy atom. The molecule has 0 saturated carbocycles. The number of likely N-dealkylation sites (tertiary alicyclic amines) is 1. The van der Waals surface area contributed by atoms with Crippen LogP contribution in [0.25, 0.3) is 0 Å². The van der Waals surface area contributed by atoms with Crippen LogP contribution in [0, 0.1) is 0 Å². The first kappa shape index (κ1) is 14.9. The predicted octanol–water partition coefficient (Wildman–Crippen LogP) is 0.163. The zero-order chi connectivity index (χ0) is 12.7. The number of nitrogens with one attached hydrogen (secondary N) is 1. The topological polar surface area (TPSA) is 69.6 Å². The second-order valence-electron chi connectivity index (χ2n) is 4.57. The van der Waals surface area contributed by atoms with Crippen LogP contribution in [0.5, 0.6) is 0 Å². The molecule has 1 saturated heterocycles. The van der Waals surface area contributed by atoms with Gasteiger partial charge in [-0.1, -0.05) is 6.42 Å². The predicted molar refractivity (Wildman–Crippen MR) is 68.4 cm³/mol. The molecule has 0 aromatic heterocycles. The average molecular weight is 264 g/mol. The van der Waals surface area contributed by atoms with Crippen molar-refractivity contribution in [1.29, 1.82) is 0 Å². The van der Waals surface area contributed by atoms with Gasteiger partial charge in [0, 0.05) is 12.6 Å². The Kier molecular flexibility index (Phi) is 6.40. The second-order valence-corrected chi connectivity index (χ2v) is 6.62. The summed E-state index contributed by atoms with van der Waals surface area (Å²) in [5, 5.41) is 9.00. The molecule has 1 unspecified atom stereocenters. The van der Waals surface area contributed by atoms with E-state index in [-0.39, 0.29) is 12.4 Å². The third-order valence-corrected chi connectivity index (χ3v) is 4.83. The summed E-state index contributed by atoms with van der Waals surface area (Å²) in [6, 6.07) is 0.436. The minimum Gasteiger partial charge on any atom is -0.396 e. The molecular formula is C11H24N2O3S. The lowest BCUT2D eigenvalue weighted by molar-refractivity contribution is 0.119. The maximum absolute atomic E-state index is 11.3. The zero-order valence-electron chi connectivity index (χ0n) is 10.6. The quantitative estimate of drug-likeness (QED) is 0.687. The Morgan fingerprint density at radius 2 is 2.18 bits per heavy atom. The van der Waals surface area contributed by atoms with Crippen LogP contribution in [0.4, 0.5) is 0 Å². The number of piperidine rings is 1. The van der Waals surface area contributed by atoms with Gasteiger partial charge in [0.25, 0.3) is 0 Å². The molecule has 1 aliphatic heterocycles. The smallest absolute Gasteiger partial charge is 0.211 e. The first-order valence-corrected chi connectivity index (χ1v) is 8.00. The molecule has 5 nitrogen and oxygen atoms in total. The van der Waals surface area contributed by atoms with E-state index in [1.807, 2.05) is 0 Å². The average Bonchev–Trinajstić information content (AvgIpc) is 2.31. The van der Waals surface area contributed by atoms with Gasteiger partial charge in [0.2, 0.25) is 10.0 Å². The van der Waals surface area contributed by atoms with Crippen molar-refractivity contribution in [3.8, 4) is 0 Å². The summed E-state index contributed by atoms with van der Waals surface area (Å²) >= 11 is 0. The first-order valence-electron chi connectivity index (χ1n) is 6.35. The second kappa shape index (κ2) is 7.31. The molecule has 0 aromatic rings. The summed E-state index contributed by atoms with van der Waals surface area (Å²) in [6.07, 6.45) is 4.99. The molecule has 0 radical (unpaired) electrons. The number of sulfonamides is 1. The zero-order valence-corrected chi connectivity index (χ0v) is 11.4. The molecule has 17 heavy (non-hydrogen) atoms. The maximum Gasteiger partial charge on any atom is 0.211 e. The van der Waals surface area contributed by atoms with E-state index in [0.717, 1.165) is 25.9 Å². The van der Waals surface area contributed by atoms with Crippen LogP contribution in [0.2, 0.25) is 0 Å². The minimum absolute atomic E-state index is 0.186. The molecule has 0 aromatic carbocycles. The van der Waals surface area contributed by atoms with Gasteiger partial charge >= 0.3 is 0 Å². The van der Waals surface area contributed by atoms with E-state index >= 15 is 0 Å². The molecular weight excluding hydrogens is 240 g/mol. The molecule has 1 aliphatic rings. The molecule has 1 atom stereocenters. The number of rotatable bonds is 7. The molecule has 6 heteroatoms. The van der Waals surface area contributed by atoms with Gasteiger partial charge in [-0.25, -0.2) is 13.1 Å². The van der Waals surface area contributed by atoms with Crippen molar-refractivity contribution >= 4 is 10.0 Å². The van der Waals surface area contributed by atoms with Crippen molar-refractivity contribution < 1.29 is 13.5 Å². The van der Waals surface area contributed by atoms with E-state index in [1.165, 1.54) is 19.9 Å². The number of nitrogens with zero attached hydrogens (tertiary/aromatic N) is 1. The van der Waals surface area contributed by atoms with E-state index in [9.17, 15) is 8.42 Å². The maximum atomic E-state index is 11.3. The first-order chi connectivity index (χ1) is 8.09. The van der Waals surface area contributed by atoms with E-state index in [1.54, 1.807) is 0 Å². The van der Waals surface area contributed by atoms with Crippen molar-refractivity contribution in [3.63, 3.8) is 0 Å². The summed E-state index contributed by atoms with van der Waals surface area (Å²) < 4.78 is 24.9. The molecule has 102 valence electrons. The van der Waals surface area contributed by atoms with E-state index in [0.29, 0.717) is 12.5 Å². The fourth-order valence-corrected chi connectivity index (χ4v) is 3.10. The van der Waals surface area contributed by atoms with Crippen molar-refractivity contribution in [1.82, 2.24) is 9.62 Å². The molecule has 2 N–H and O–H groups in total. The van der Waals surface area contributed by atoms with Crippen LogP contribution >= 0.6 is 0 Å². The lowest BCUT2D eigenvalue weighted by Gasteiger charge is -2.35. The van der Waals surface area contributed by atoms with Crippen LogP contribution in [0.15, 0.2) is 0 Å². The summed E-state index contributed by atoms with van der Waals surface area (Å²) in [7, 11) is -1.63. The molecule has 1 heterocycles. The van der Waals surface area contributed by atoms with Gasteiger partial charge in [-0.15, -0.1) is 0 Å². The third-order valence-electron chi connectivity index (χ3n) is 3.38. The molecule has 1 fully saturated rings. The highest BCUT2D eigenvalue weighted by Crippen LogP contribution is 2.19. The van der Waals surface area contributed by atoms with Crippen LogP contribution in [-0.4, -0.2) is 57.0 Å². The van der Waals surface area contributed by atoms with E-state index in [4.69, 9.17) is 5.11 Å². The largest absolute Gasteiger partial charge is 0.396 e. The van der Waals surface area contributed by atoms with Gasteiger partial charge in [0.05, 0.1) is 5.75 Å². The van der Waals surface area contributed by atoms with Gasteiger partial charge in [-0.2, -0.15) is 0 Å². The Bertz CT molecular complexity index is 304. The van der Waals surface area contributed by atoms with E-state index < -0.39 is 10.0 Å². The molecule has 0 amide bonds. The highest BCUT2D eigenvalue weighted by atomic mass is 32.2. The lowest BCUT2D eigenvalue weighted by atomic mass is 9.99. The van der Waals surface area contributed by atoms with Gasteiger partial charge in [-0.05, 0) is 45.8 Å². The minimum atomic E-state index is -3.08. The van der Waals surface area contributed by atoms with Crippen LogP contribution in [0.1, 0.15) is 32.1 Å². The summed E-state index contributed by atoms with van der Waals surface area (Å²) in [4.78, 5) is 2.32. The Balaban J connectivity index is 2.33. The van der Waals surface area contributed by atoms with Crippen LogP contribution < -0.4 is 4.72 Å². The normalized spacial score (nSPS) is 22.8. The SMILES string of the molecule is CNS(=O)(=O)CCCN1CCCCC1CCO. The number of hydrogen-bond acceptors (Lipinski definition) is 4. The van der Waals surface area contributed by atoms with Crippen LogP contribution in [-0.2, 0) is 10.0 Å².